The van der Waals surface area contributed by atoms with Crippen LogP contribution >= 0.6 is 0 Å². The molecule has 1 spiro atoms. The minimum atomic E-state index is -0.0363. The average Bonchev–Trinajstić information content (AvgIpc) is 3.94. The highest BCUT2D eigenvalue weighted by Crippen LogP contribution is 2.53. The van der Waals surface area contributed by atoms with Crippen molar-refractivity contribution in [3.8, 4) is 34.7 Å². The van der Waals surface area contributed by atoms with Crippen molar-refractivity contribution in [2.45, 2.75) is 57.5 Å². The fourth-order valence-electron chi connectivity index (χ4n) is 7.26. The van der Waals surface area contributed by atoms with Crippen LogP contribution in [-0.4, -0.2) is 50.2 Å². The van der Waals surface area contributed by atoms with Crippen molar-refractivity contribution in [2.75, 3.05) is 29.9 Å². The smallest absolute Gasteiger partial charge is 0.260 e. The lowest BCUT2D eigenvalue weighted by atomic mass is 9.96. The Morgan fingerprint density at radius 2 is 1.91 bits per heavy atom. The molecule has 0 bridgehead atoms. The molecule has 1 N–H and O–H groups in total. The zero-order valence-electron chi connectivity index (χ0n) is 26.0. The van der Waals surface area contributed by atoms with Crippen molar-refractivity contribution in [3.63, 3.8) is 0 Å². The van der Waals surface area contributed by atoms with Crippen molar-refractivity contribution in [3.05, 3.63) is 76.6 Å². The van der Waals surface area contributed by atoms with Crippen molar-refractivity contribution >= 4 is 17.5 Å². The fourth-order valence-corrected chi connectivity index (χ4v) is 7.26. The molecule has 0 unspecified atom stereocenters. The summed E-state index contributed by atoms with van der Waals surface area (Å²) in [6.45, 7) is 4.09. The van der Waals surface area contributed by atoms with Crippen LogP contribution in [0.15, 0.2) is 48.8 Å². The molecule has 2 saturated carbocycles. The summed E-state index contributed by atoms with van der Waals surface area (Å²) in [5.74, 6) is 2.23. The number of benzene rings is 2. The van der Waals surface area contributed by atoms with Gasteiger partial charge in [-0.2, -0.15) is 10.5 Å². The molecule has 10 nitrogen and oxygen atoms in total. The number of nitrogens with one attached hydrogen (secondary N) is 1. The summed E-state index contributed by atoms with van der Waals surface area (Å²) >= 11 is 0. The largest absolute Gasteiger partial charge is 0.369 e. The predicted molar refractivity (Wildman–Crippen MR) is 174 cm³/mol. The molecule has 3 fully saturated rings. The number of carbonyl (C=O) groups is 1. The molecule has 2 aliphatic heterocycles. The lowest BCUT2D eigenvalue weighted by molar-refractivity contribution is 0.0996. The SMILES string of the molecule is Cn1cnnc1-c1ccc(C#N)cc1-c1cc(NCCC#N)nc(N2Cc3c(cc(CN4CCC5(CC5)C4)cc3C3CC3)C2=O)c1. The van der Waals surface area contributed by atoms with Crippen LogP contribution in [0.4, 0.5) is 11.6 Å². The molecular formula is C36H35N9O. The Hall–Kier alpha value is -5.06. The number of amides is 1. The van der Waals surface area contributed by atoms with Gasteiger partial charge >= 0.3 is 0 Å². The zero-order valence-corrected chi connectivity index (χ0v) is 26.0. The lowest BCUT2D eigenvalue weighted by Gasteiger charge is -2.19. The Morgan fingerprint density at radius 1 is 1.04 bits per heavy atom. The second-order valence-electron chi connectivity index (χ2n) is 13.4. The van der Waals surface area contributed by atoms with Gasteiger partial charge in [0.2, 0.25) is 0 Å². The third-order valence-corrected chi connectivity index (χ3v) is 10.1. The van der Waals surface area contributed by atoms with Crippen LogP contribution in [0.1, 0.15) is 77.1 Å². The number of hydrogen-bond donors (Lipinski definition) is 1. The maximum absolute atomic E-state index is 14.3. The van der Waals surface area contributed by atoms with Crippen LogP contribution in [-0.2, 0) is 20.1 Å². The fraction of sp³-hybridized carbons (Fsp3) is 0.389. The monoisotopic (exact) mass is 609 g/mol. The van der Waals surface area contributed by atoms with Gasteiger partial charge in [-0.15, -0.1) is 10.2 Å². The topological polar surface area (TPSA) is 127 Å². The van der Waals surface area contributed by atoms with Gasteiger partial charge in [0.25, 0.3) is 5.91 Å². The van der Waals surface area contributed by atoms with Gasteiger partial charge in [-0.3, -0.25) is 14.6 Å². The molecular weight excluding hydrogens is 574 g/mol. The average molecular weight is 610 g/mol. The maximum atomic E-state index is 14.3. The highest BCUT2D eigenvalue weighted by atomic mass is 16.2. The number of fused-ring (bicyclic) bond motifs is 1. The summed E-state index contributed by atoms with van der Waals surface area (Å²) in [5, 5.41) is 30.6. The number of nitrogens with zero attached hydrogens (tertiary/aromatic N) is 8. The number of anilines is 2. The van der Waals surface area contributed by atoms with Crippen molar-refractivity contribution < 1.29 is 4.79 Å². The van der Waals surface area contributed by atoms with Gasteiger partial charge in [0.1, 0.15) is 18.0 Å². The number of aromatic nitrogens is 4. The van der Waals surface area contributed by atoms with E-state index < -0.39 is 0 Å². The van der Waals surface area contributed by atoms with E-state index >= 15 is 0 Å². The van der Waals surface area contributed by atoms with E-state index in [-0.39, 0.29) is 5.91 Å². The molecule has 2 aromatic heterocycles. The van der Waals surface area contributed by atoms with Crippen molar-refractivity contribution in [1.82, 2.24) is 24.6 Å². The van der Waals surface area contributed by atoms with Gasteiger partial charge in [0.15, 0.2) is 5.82 Å². The molecule has 4 aliphatic rings. The van der Waals surface area contributed by atoms with Crippen LogP contribution in [0.2, 0.25) is 0 Å². The Morgan fingerprint density at radius 3 is 2.63 bits per heavy atom. The molecule has 2 aliphatic carbocycles. The van der Waals surface area contributed by atoms with E-state index in [0.717, 1.165) is 53.7 Å². The van der Waals surface area contributed by atoms with Crippen LogP contribution in [0.3, 0.4) is 0 Å². The molecule has 0 radical (unpaired) electrons. The zero-order chi connectivity index (χ0) is 31.4. The van der Waals surface area contributed by atoms with E-state index in [1.54, 1.807) is 17.3 Å². The summed E-state index contributed by atoms with van der Waals surface area (Å²) in [6, 6.07) is 18.2. The number of nitriles is 2. The standard InChI is InChI=1S/C36H35N9O/c1-43-22-40-42-34(43)27-6-3-23(18-38)13-29(27)26-16-32(39-11-2-10-37)41-33(17-26)45-20-31-28(25-4-5-25)14-24(15-30(31)35(45)46)19-44-12-9-36(21-44)7-8-36/h3,6,13-17,22,25H,2,4-5,7-9,11-12,19-21H2,1H3,(H,39,41). The summed E-state index contributed by atoms with van der Waals surface area (Å²) in [4.78, 5) is 23.5. The van der Waals surface area contributed by atoms with E-state index in [1.165, 1.54) is 36.9 Å². The van der Waals surface area contributed by atoms with Gasteiger partial charge in [-0.05, 0) is 114 Å². The van der Waals surface area contributed by atoms with Gasteiger partial charge < -0.3 is 9.88 Å². The van der Waals surface area contributed by atoms with Crippen LogP contribution in [0.25, 0.3) is 22.5 Å². The maximum Gasteiger partial charge on any atom is 0.260 e. The van der Waals surface area contributed by atoms with E-state index in [1.807, 2.05) is 35.9 Å². The normalized spacial score (nSPS) is 18.1. The summed E-state index contributed by atoms with van der Waals surface area (Å²) in [6.07, 6.45) is 8.29. The molecule has 46 heavy (non-hydrogen) atoms. The molecule has 1 amide bonds. The third-order valence-electron chi connectivity index (χ3n) is 10.1. The number of rotatable bonds is 9. The van der Waals surface area contributed by atoms with Gasteiger partial charge in [0.05, 0.1) is 30.7 Å². The lowest BCUT2D eigenvalue weighted by Crippen LogP contribution is -2.24. The molecule has 10 heteroatoms. The first-order chi connectivity index (χ1) is 22.4. The molecule has 0 atom stereocenters. The highest BCUT2D eigenvalue weighted by Gasteiger charge is 2.47. The molecule has 1 saturated heterocycles. The number of pyridine rings is 1. The minimum Gasteiger partial charge on any atom is -0.369 e. The van der Waals surface area contributed by atoms with Gasteiger partial charge in [-0.25, -0.2) is 4.98 Å². The molecule has 4 heterocycles. The number of aryl methyl sites for hydroxylation is 1. The van der Waals surface area contributed by atoms with E-state index in [0.29, 0.717) is 53.9 Å². The first-order valence-corrected chi connectivity index (χ1v) is 16.2. The van der Waals surface area contributed by atoms with Crippen molar-refractivity contribution in [1.29, 1.82) is 10.5 Å². The summed E-state index contributed by atoms with van der Waals surface area (Å²) in [7, 11) is 1.88. The molecule has 230 valence electrons. The summed E-state index contributed by atoms with van der Waals surface area (Å²) < 4.78 is 1.84. The first kappa shape index (κ1) is 28.4. The van der Waals surface area contributed by atoms with E-state index in [4.69, 9.17) is 10.2 Å². The van der Waals surface area contributed by atoms with Crippen LogP contribution in [0, 0.1) is 28.1 Å². The number of hydrogen-bond acceptors (Lipinski definition) is 8. The Labute approximate surface area is 268 Å². The van der Waals surface area contributed by atoms with E-state index in [9.17, 15) is 10.1 Å². The Balaban J connectivity index is 1.18. The molecule has 2 aromatic carbocycles. The quantitative estimate of drug-likeness (QED) is 0.237. The third kappa shape index (κ3) is 5.19. The number of carbonyl (C=O) groups excluding carboxylic acids is 1. The Bertz CT molecular complexity index is 1960. The second-order valence-corrected chi connectivity index (χ2v) is 13.4. The van der Waals surface area contributed by atoms with Crippen LogP contribution in [0.5, 0.6) is 0 Å². The second kappa shape index (κ2) is 11.1. The Kier molecular flexibility index (Phi) is 6.84. The predicted octanol–water partition coefficient (Wildman–Crippen LogP) is 5.77. The van der Waals surface area contributed by atoms with Crippen LogP contribution < -0.4 is 10.2 Å². The minimum absolute atomic E-state index is 0.0363. The molecule has 8 rings (SSSR count). The summed E-state index contributed by atoms with van der Waals surface area (Å²) in [5.41, 5.74) is 7.92. The van der Waals surface area contributed by atoms with Gasteiger partial charge in [-0.1, -0.05) is 6.07 Å². The first-order valence-electron chi connectivity index (χ1n) is 16.2. The number of likely N-dealkylation sites (tertiary alicyclic amines) is 1. The van der Waals surface area contributed by atoms with E-state index in [2.05, 4.69) is 44.7 Å². The van der Waals surface area contributed by atoms with Crippen molar-refractivity contribution in [2.24, 2.45) is 12.5 Å². The highest BCUT2D eigenvalue weighted by molar-refractivity contribution is 6.10. The van der Waals surface area contributed by atoms with Gasteiger partial charge in [0, 0.05) is 37.8 Å². The molecule has 4 aromatic rings.